The Bertz CT molecular complexity index is 700. The van der Waals surface area contributed by atoms with Gasteiger partial charge in [0.1, 0.15) is 11.5 Å². The van der Waals surface area contributed by atoms with Crippen molar-refractivity contribution in [2.75, 3.05) is 6.61 Å². The van der Waals surface area contributed by atoms with Crippen molar-refractivity contribution in [2.24, 2.45) is 5.92 Å². The third kappa shape index (κ3) is 4.55. The molecule has 2 aromatic rings. The van der Waals surface area contributed by atoms with Crippen molar-refractivity contribution in [1.82, 2.24) is 0 Å². The Kier molecular flexibility index (Phi) is 6.49. The van der Waals surface area contributed by atoms with E-state index in [1.165, 1.54) is 42.4 Å². The maximum Gasteiger partial charge on any atom is 0.140 e. The molecule has 0 N–H and O–H groups in total. The highest BCUT2D eigenvalue weighted by molar-refractivity contribution is 5.86. The molecule has 0 aromatic heterocycles. The maximum atomic E-state index is 12.6. The largest absolute Gasteiger partial charge is 0.494 e. The van der Waals surface area contributed by atoms with Gasteiger partial charge in [0.05, 0.1) is 6.61 Å². The number of benzene rings is 2. The lowest BCUT2D eigenvalue weighted by Gasteiger charge is -2.27. The Morgan fingerprint density at radius 1 is 0.923 bits per heavy atom. The molecule has 1 aliphatic carbocycles. The van der Waals surface area contributed by atoms with E-state index in [1.54, 1.807) is 0 Å². The van der Waals surface area contributed by atoms with E-state index in [0.717, 1.165) is 18.6 Å². The van der Waals surface area contributed by atoms with Crippen LogP contribution in [-0.4, -0.2) is 12.4 Å². The van der Waals surface area contributed by atoms with Crippen molar-refractivity contribution in [1.29, 1.82) is 0 Å². The van der Waals surface area contributed by atoms with E-state index in [4.69, 9.17) is 4.74 Å². The Labute approximate surface area is 157 Å². The van der Waals surface area contributed by atoms with Crippen LogP contribution in [0.25, 0.3) is 11.1 Å². The lowest BCUT2D eigenvalue weighted by atomic mass is 9.76. The van der Waals surface area contributed by atoms with Crippen LogP contribution in [0.2, 0.25) is 0 Å². The molecule has 1 aliphatic rings. The quantitative estimate of drug-likeness (QED) is 0.578. The molecule has 0 bridgehead atoms. The Morgan fingerprint density at radius 3 is 2.15 bits per heavy atom. The minimum absolute atomic E-state index is 0.0993. The lowest BCUT2D eigenvalue weighted by Crippen LogP contribution is -2.23. The maximum absolute atomic E-state index is 12.6. The summed E-state index contributed by atoms with van der Waals surface area (Å²) in [5, 5.41) is 0. The highest BCUT2D eigenvalue weighted by Crippen LogP contribution is 2.36. The number of ketones is 1. The molecule has 1 saturated carbocycles. The van der Waals surface area contributed by atoms with Gasteiger partial charge in [-0.05, 0) is 54.5 Å². The molecule has 3 rings (SSSR count). The van der Waals surface area contributed by atoms with Gasteiger partial charge in [-0.3, -0.25) is 4.79 Å². The van der Waals surface area contributed by atoms with Crippen molar-refractivity contribution in [3.8, 4) is 16.9 Å². The fourth-order valence-corrected chi connectivity index (χ4v) is 4.00. The number of carbonyl (C=O) groups is 1. The van der Waals surface area contributed by atoms with Crippen LogP contribution in [0.4, 0.5) is 0 Å². The first-order chi connectivity index (χ1) is 12.7. The first kappa shape index (κ1) is 18.7. The third-order valence-electron chi connectivity index (χ3n) is 5.52. The van der Waals surface area contributed by atoms with Crippen LogP contribution in [0.3, 0.4) is 0 Å². The minimum atomic E-state index is 0.0993. The number of carbonyl (C=O) groups excluding carboxylic acids is 1. The van der Waals surface area contributed by atoms with Gasteiger partial charge in [0.15, 0.2) is 0 Å². The summed E-state index contributed by atoms with van der Waals surface area (Å²) < 4.78 is 5.50. The van der Waals surface area contributed by atoms with Gasteiger partial charge in [-0.25, -0.2) is 0 Å². The summed E-state index contributed by atoms with van der Waals surface area (Å²) >= 11 is 0. The van der Waals surface area contributed by atoms with Crippen LogP contribution in [0.1, 0.15) is 63.9 Å². The molecular formula is C24H30O2. The summed E-state index contributed by atoms with van der Waals surface area (Å²) in [4.78, 5) is 12.6. The second kappa shape index (κ2) is 9.02. The Hall–Kier alpha value is -2.09. The zero-order valence-corrected chi connectivity index (χ0v) is 16.0. The zero-order valence-electron chi connectivity index (χ0n) is 16.0. The SMILES string of the molecule is CCCC[C@H]1CC[C@H](c2ccc(-c3ccc(OCC)cc3)cc2)C(=O)C1. The summed E-state index contributed by atoms with van der Waals surface area (Å²) in [7, 11) is 0. The van der Waals surface area contributed by atoms with Gasteiger partial charge >= 0.3 is 0 Å². The van der Waals surface area contributed by atoms with Crippen molar-refractivity contribution >= 4 is 5.78 Å². The predicted octanol–water partition coefficient (Wildman–Crippen LogP) is 6.40. The molecule has 2 heteroatoms. The molecule has 2 aromatic carbocycles. The summed E-state index contributed by atoms with van der Waals surface area (Å²) in [6.07, 6.45) is 6.66. The fraction of sp³-hybridized carbons (Fsp3) is 0.458. The van der Waals surface area contributed by atoms with Crippen molar-refractivity contribution in [3.05, 3.63) is 54.1 Å². The van der Waals surface area contributed by atoms with Gasteiger partial charge in [0, 0.05) is 12.3 Å². The van der Waals surface area contributed by atoms with Gasteiger partial charge in [0.25, 0.3) is 0 Å². The van der Waals surface area contributed by atoms with E-state index in [9.17, 15) is 4.79 Å². The summed E-state index contributed by atoms with van der Waals surface area (Å²) in [6.45, 7) is 4.90. The highest BCUT2D eigenvalue weighted by atomic mass is 16.5. The van der Waals surface area contributed by atoms with Crippen LogP contribution in [0, 0.1) is 5.92 Å². The normalized spacial score (nSPS) is 20.2. The van der Waals surface area contributed by atoms with Crippen LogP contribution in [0.5, 0.6) is 5.75 Å². The molecule has 0 saturated heterocycles. The van der Waals surface area contributed by atoms with Gasteiger partial charge in [-0.15, -0.1) is 0 Å². The standard InChI is InChI=1S/C24H30O2/c1-3-5-6-18-7-16-23(24(25)17-18)21-10-8-19(9-11-21)20-12-14-22(15-13-20)26-4-2/h8-15,18,23H,3-7,16-17H2,1-2H3/t18-,23+/m0/s1. The minimum Gasteiger partial charge on any atom is -0.494 e. The lowest BCUT2D eigenvalue weighted by molar-refractivity contribution is -0.123. The van der Waals surface area contributed by atoms with Crippen molar-refractivity contribution in [2.45, 2.75) is 58.3 Å². The molecule has 0 amide bonds. The second-order valence-corrected chi connectivity index (χ2v) is 7.39. The van der Waals surface area contributed by atoms with Gasteiger partial charge < -0.3 is 4.74 Å². The second-order valence-electron chi connectivity index (χ2n) is 7.39. The molecule has 138 valence electrons. The van der Waals surface area contributed by atoms with Crippen LogP contribution in [-0.2, 0) is 4.79 Å². The van der Waals surface area contributed by atoms with Crippen LogP contribution in [0.15, 0.2) is 48.5 Å². The average molecular weight is 351 g/mol. The van der Waals surface area contributed by atoms with Crippen molar-refractivity contribution < 1.29 is 9.53 Å². The number of hydrogen-bond acceptors (Lipinski definition) is 2. The monoisotopic (exact) mass is 350 g/mol. The predicted molar refractivity (Wildman–Crippen MR) is 108 cm³/mol. The number of hydrogen-bond donors (Lipinski definition) is 0. The van der Waals surface area contributed by atoms with E-state index >= 15 is 0 Å². The number of unbranched alkanes of at least 4 members (excludes halogenated alkanes) is 1. The first-order valence-corrected chi connectivity index (χ1v) is 10.1. The first-order valence-electron chi connectivity index (χ1n) is 10.1. The van der Waals surface area contributed by atoms with E-state index in [2.05, 4.69) is 43.3 Å². The molecule has 0 heterocycles. The molecule has 0 radical (unpaired) electrons. The molecule has 26 heavy (non-hydrogen) atoms. The fourth-order valence-electron chi connectivity index (χ4n) is 4.00. The van der Waals surface area contributed by atoms with E-state index < -0.39 is 0 Å². The topological polar surface area (TPSA) is 26.3 Å². The highest BCUT2D eigenvalue weighted by Gasteiger charge is 2.29. The number of Topliss-reactive ketones (excluding diaryl/α,β-unsaturated/α-hetero) is 1. The Balaban J connectivity index is 1.65. The zero-order chi connectivity index (χ0) is 18.4. The smallest absolute Gasteiger partial charge is 0.140 e. The number of ether oxygens (including phenoxy) is 1. The average Bonchev–Trinajstić information content (AvgIpc) is 2.68. The summed E-state index contributed by atoms with van der Waals surface area (Å²) in [6, 6.07) is 16.8. The van der Waals surface area contributed by atoms with Gasteiger partial charge in [-0.2, -0.15) is 0 Å². The van der Waals surface area contributed by atoms with E-state index in [0.29, 0.717) is 18.3 Å². The molecular weight excluding hydrogens is 320 g/mol. The third-order valence-corrected chi connectivity index (χ3v) is 5.52. The van der Waals surface area contributed by atoms with Crippen LogP contribution >= 0.6 is 0 Å². The van der Waals surface area contributed by atoms with E-state index in [-0.39, 0.29) is 5.92 Å². The van der Waals surface area contributed by atoms with E-state index in [1.807, 2.05) is 19.1 Å². The molecule has 1 fully saturated rings. The van der Waals surface area contributed by atoms with Crippen LogP contribution < -0.4 is 4.74 Å². The molecule has 2 nitrogen and oxygen atoms in total. The van der Waals surface area contributed by atoms with Gasteiger partial charge in [0.2, 0.25) is 0 Å². The number of rotatable bonds is 7. The summed E-state index contributed by atoms with van der Waals surface area (Å²) in [5.41, 5.74) is 3.54. The summed E-state index contributed by atoms with van der Waals surface area (Å²) in [5.74, 6) is 2.05. The van der Waals surface area contributed by atoms with Gasteiger partial charge in [-0.1, -0.05) is 62.6 Å². The molecule has 0 unspecified atom stereocenters. The molecule has 2 atom stereocenters. The Morgan fingerprint density at radius 2 is 1.58 bits per heavy atom. The molecule has 0 aliphatic heterocycles. The molecule has 0 spiro atoms. The van der Waals surface area contributed by atoms with Crippen molar-refractivity contribution in [3.63, 3.8) is 0 Å².